The molecule has 0 saturated heterocycles. The van der Waals surface area contributed by atoms with Crippen LogP contribution in [0.5, 0.6) is 0 Å². The van der Waals surface area contributed by atoms with Gasteiger partial charge in [-0.1, -0.05) is 35.3 Å². The molecular weight excluding hydrogens is 549 g/mol. The van der Waals surface area contributed by atoms with Crippen LogP contribution in [-0.4, -0.2) is 44.1 Å². The average molecular weight is 568 g/mol. The minimum absolute atomic E-state index is 0.0631. The second-order valence-electron chi connectivity index (χ2n) is 8.64. The van der Waals surface area contributed by atoms with E-state index in [-0.39, 0.29) is 25.5 Å². The van der Waals surface area contributed by atoms with Crippen LogP contribution >= 0.6 is 23.2 Å². The molecule has 2 aliphatic heterocycles. The van der Waals surface area contributed by atoms with Gasteiger partial charge in [-0.2, -0.15) is 13.2 Å². The first kappa shape index (κ1) is 26.7. The highest BCUT2D eigenvalue weighted by Gasteiger charge is 2.60. The van der Waals surface area contributed by atoms with E-state index in [1.807, 2.05) is 0 Å². The lowest BCUT2D eigenvalue weighted by atomic mass is 9.85. The summed E-state index contributed by atoms with van der Waals surface area (Å²) in [5, 5.41) is -1.12. The number of halogens is 6. The molecule has 2 aliphatic rings. The molecule has 1 atom stereocenters. The zero-order chi connectivity index (χ0) is 26.5. The maximum atomic E-state index is 14.3. The van der Waals surface area contributed by atoms with E-state index in [0.717, 1.165) is 24.7 Å². The third-order valence-electron chi connectivity index (χ3n) is 5.93. The SMILES string of the molecule is CS(=O)(=O)CC(=O)N1COCc2cc(C3=COC(c4cc(Cl)c(F)c(Cl)c4)(C(F)(F)F)C3)ccc2C1. The van der Waals surface area contributed by atoms with Crippen molar-refractivity contribution in [2.75, 3.05) is 18.7 Å². The smallest absolute Gasteiger partial charge is 0.432 e. The van der Waals surface area contributed by atoms with Crippen molar-refractivity contribution in [3.05, 3.63) is 74.7 Å². The Kier molecular flexibility index (Phi) is 7.06. The fraction of sp³-hybridized carbons (Fsp3) is 0.348. The number of carbonyl (C=O) groups is 1. The molecule has 2 heterocycles. The number of ether oxygens (including phenoxy) is 2. The fourth-order valence-electron chi connectivity index (χ4n) is 4.09. The highest BCUT2D eigenvalue weighted by molar-refractivity contribution is 7.91. The highest BCUT2D eigenvalue weighted by atomic mass is 35.5. The third kappa shape index (κ3) is 5.20. The number of rotatable bonds is 4. The number of benzene rings is 2. The zero-order valence-electron chi connectivity index (χ0n) is 18.7. The second kappa shape index (κ2) is 9.51. The van der Waals surface area contributed by atoms with Crippen molar-refractivity contribution in [1.82, 2.24) is 4.90 Å². The van der Waals surface area contributed by atoms with Crippen molar-refractivity contribution >= 4 is 44.5 Å². The van der Waals surface area contributed by atoms with Crippen LogP contribution in [0.1, 0.15) is 28.7 Å². The van der Waals surface area contributed by atoms with E-state index in [0.29, 0.717) is 16.7 Å². The van der Waals surface area contributed by atoms with Crippen molar-refractivity contribution in [2.24, 2.45) is 0 Å². The second-order valence-corrected chi connectivity index (χ2v) is 11.6. The number of carbonyl (C=O) groups excluding carboxylic acids is 1. The summed E-state index contributed by atoms with van der Waals surface area (Å²) >= 11 is 11.5. The van der Waals surface area contributed by atoms with Crippen LogP contribution in [0.2, 0.25) is 10.0 Å². The number of hydrogen-bond acceptors (Lipinski definition) is 5. The molecule has 194 valence electrons. The minimum atomic E-state index is -4.88. The van der Waals surface area contributed by atoms with Crippen molar-refractivity contribution in [3.63, 3.8) is 0 Å². The molecule has 13 heteroatoms. The topological polar surface area (TPSA) is 72.9 Å². The molecule has 0 saturated carbocycles. The monoisotopic (exact) mass is 567 g/mol. The molecule has 6 nitrogen and oxygen atoms in total. The molecule has 0 bridgehead atoms. The van der Waals surface area contributed by atoms with Gasteiger partial charge in [0, 0.05) is 24.8 Å². The van der Waals surface area contributed by atoms with Crippen LogP contribution in [0, 0.1) is 5.82 Å². The van der Waals surface area contributed by atoms with Crippen LogP contribution in [0.15, 0.2) is 36.6 Å². The Morgan fingerprint density at radius 2 is 1.81 bits per heavy atom. The molecule has 0 aliphatic carbocycles. The molecule has 2 aromatic rings. The Morgan fingerprint density at radius 1 is 1.14 bits per heavy atom. The first-order valence-corrected chi connectivity index (χ1v) is 13.3. The number of nitrogens with zero attached hydrogens (tertiary/aromatic N) is 1. The first-order chi connectivity index (χ1) is 16.7. The van der Waals surface area contributed by atoms with E-state index in [9.17, 15) is 30.8 Å². The number of hydrogen-bond donors (Lipinski definition) is 0. The summed E-state index contributed by atoms with van der Waals surface area (Å²) in [4.78, 5) is 13.6. The molecule has 0 N–H and O–H groups in total. The van der Waals surface area contributed by atoms with Gasteiger partial charge in [0.15, 0.2) is 15.7 Å². The van der Waals surface area contributed by atoms with E-state index in [4.69, 9.17) is 32.7 Å². The summed E-state index contributed by atoms with van der Waals surface area (Å²) in [5.74, 6) is -2.31. The van der Waals surface area contributed by atoms with Gasteiger partial charge in [0.1, 0.15) is 12.5 Å². The molecule has 0 radical (unpaired) electrons. The summed E-state index contributed by atoms with van der Waals surface area (Å²) < 4.78 is 90.3. The molecule has 2 aromatic carbocycles. The lowest BCUT2D eigenvalue weighted by molar-refractivity contribution is -0.260. The van der Waals surface area contributed by atoms with Gasteiger partial charge < -0.3 is 14.4 Å². The number of sulfone groups is 1. The summed E-state index contributed by atoms with van der Waals surface area (Å²) in [7, 11) is -3.53. The minimum Gasteiger partial charge on any atom is -0.480 e. The van der Waals surface area contributed by atoms with Gasteiger partial charge in [-0.05, 0) is 40.5 Å². The number of alkyl halides is 3. The maximum absolute atomic E-state index is 14.3. The van der Waals surface area contributed by atoms with Crippen LogP contribution in [0.4, 0.5) is 17.6 Å². The van der Waals surface area contributed by atoms with Crippen molar-refractivity contribution in [2.45, 2.75) is 31.3 Å². The van der Waals surface area contributed by atoms with E-state index in [2.05, 4.69) is 0 Å². The Bertz CT molecular complexity index is 1340. The fourth-order valence-corrected chi connectivity index (χ4v) is 5.21. The van der Waals surface area contributed by atoms with Gasteiger partial charge in [-0.25, -0.2) is 12.8 Å². The first-order valence-electron chi connectivity index (χ1n) is 10.4. The Labute approximate surface area is 214 Å². The van der Waals surface area contributed by atoms with Gasteiger partial charge in [0.2, 0.25) is 11.5 Å². The lowest BCUT2D eigenvalue weighted by Gasteiger charge is -2.32. The molecule has 0 spiro atoms. The molecule has 36 heavy (non-hydrogen) atoms. The molecule has 0 aromatic heterocycles. The van der Waals surface area contributed by atoms with Crippen LogP contribution < -0.4 is 0 Å². The molecule has 1 unspecified atom stereocenters. The average Bonchev–Trinajstić information content (AvgIpc) is 3.12. The van der Waals surface area contributed by atoms with Crippen molar-refractivity contribution in [1.29, 1.82) is 0 Å². The highest BCUT2D eigenvalue weighted by Crippen LogP contribution is 2.53. The van der Waals surface area contributed by atoms with Crippen molar-refractivity contribution < 1.29 is 40.2 Å². The van der Waals surface area contributed by atoms with Crippen LogP contribution in [0.25, 0.3) is 5.57 Å². The van der Waals surface area contributed by atoms with E-state index in [1.54, 1.807) is 18.2 Å². The standard InChI is InChI=1S/C23H19Cl2F4NO5S/c1-36(32,33)11-20(31)30-8-14-3-2-13(4-15(14)9-34-12-30)16-7-22(35-10-16,23(27,28)29)17-5-18(24)21(26)19(25)6-17/h2-6,10H,7-9,11-12H2,1H3. The van der Waals surface area contributed by atoms with Crippen LogP contribution in [-0.2, 0) is 42.9 Å². The Balaban J connectivity index is 1.62. The maximum Gasteiger partial charge on any atom is 0.432 e. The van der Waals surface area contributed by atoms with Gasteiger partial charge in [0.05, 0.1) is 22.9 Å². The summed E-state index contributed by atoms with van der Waals surface area (Å²) in [6, 6.07) is 6.54. The third-order valence-corrected chi connectivity index (χ3v) is 7.25. The summed E-state index contributed by atoms with van der Waals surface area (Å²) in [5.41, 5.74) is -1.31. The normalized spacial score (nSPS) is 20.4. The predicted octanol–water partition coefficient (Wildman–Crippen LogP) is 5.21. The van der Waals surface area contributed by atoms with Crippen molar-refractivity contribution in [3.8, 4) is 0 Å². The number of fused-ring (bicyclic) bond motifs is 1. The van der Waals surface area contributed by atoms with Crippen LogP contribution in [0.3, 0.4) is 0 Å². The molecule has 4 rings (SSSR count). The van der Waals surface area contributed by atoms with E-state index in [1.165, 1.54) is 4.90 Å². The quantitative estimate of drug-likeness (QED) is 0.374. The largest absolute Gasteiger partial charge is 0.480 e. The van der Waals surface area contributed by atoms with E-state index >= 15 is 0 Å². The molecule has 0 fully saturated rings. The van der Waals surface area contributed by atoms with E-state index < -0.39 is 61.1 Å². The number of amides is 1. The lowest BCUT2D eigenvalue weighted by Crippen LogP contribution is -2.42. The predicted molar refractivity (Wildman–Crippen MR) is 124 cm³/mol. The van der Waals surface area contributed by atoms with Gasteiger partial charge in [-0.3, -0.25) is 4.79 Å². The van der Waals surface area contributed by atoms with Gasteiger partial charge in [0.25, 0.3) is 0 Å². The summed E-state index contributed by atoms with van der Waals surface area (Å²) in [6.45, 7) is 0.0135. The summed E-state index contributed by atoms with van der Waals surface area (Å²) in [6.07, 6.45) is -3.55. The molecule has 1 amide bonds. The van der Waals surface area contributed by atoms with Gasteiger partial charge >= 0.3 is 6.18 Å². The molecular formula is C23H19Cl2F4NO5S. The van der Waals surface area contributed by atoms with Gasteiger partial charge in [-0.15, -0.1) is 0 Å². The Morgan fingerprint density at radius 3 is 2.42 bits per heavy atom. The zero-order valence-corrected chi connectivity index (χ0v) is 21.0. The Hall–Kier alpha value is -2.34.